The topological polar surface area (TPSA) is 61.8 Å². The summed E-state index contributed by atoms with van der Waals surface area (Å²) in [5.41, 5.74) is 1.85. The summed E-state index contributed by atoms with van der Waals surface area (Å²) in [5, 5.41) is 11.6. The molecule has 0 aromatic heterocycles. The van der Waals surface area contributed by atoms with Gasteiger partial charge in [-0.05, 0) is 48.5 Å². The molecule has 128 valence electrons. The van der Waals surface area contributed by atoms with E-state index in [1.54, 1.807) is 12.1 Å². The zero-order valence-electron chi connectivity index (χ0n) is 13.1. The number of halogens is 2. The van der Waals surface area contributed by atoms with E-state index in [4.69, 9.17) is 5.11 Å². The number of benzene rings is 2. The number of hydrogen-bond acceptors (Lipinski definition) is 4. The van der Waals surface area contributed by atoms with Crippen LogP contribution in [0.3, 0.4) is 0 Å². The molecule has 0 bridgehead atoms. The van der Waals surface area contributed by atoms with E-state index >= 15 is 0 Å². The molecule has 0 fully saturated rings. The molecule has 0 heterocycles. The van der Waals surface area contributed by atoms with Gasteiger partial charge in [0.2, 0.25) is 0 Å². The van der Waals surface area contributed by atoms with Gasteiger partial charge in [0.1, 0.15) is 5.75 Å². The summed E-state index contributed by atoms with van der Waals surface area (Å²) in [6.45, 7) is -2.33. The number of nitrogens with one attached hydrogen (secondary N) is 1. The van der Waals surface area contributed by atoms with Gasteiger partial charge in [-0.1, -0.05) is 0 Å². The molecular formula is C17H18F2N2O3. The Labute approximate surface area is 138 Å². The number of aliphatic hydroxyl groups excluding tert-OH is 1. The van der Waals surface area contributed by atoms with Gasteiger partial charge in [-0.25, -0.2) is 0 Å². The standard InChI is InChI=1S/C17H18F2N2O3/c1-21(10-11-22)14-6-4-13(5-7-14)20-16(23)12-2-8-15(9-3-12)24-17(18)19/h2-9,17,22H,10-11H2,1H3,(H,20,23). The number of carbonyl (C=O) groups is 1. The zero-order valence-corrected chi connectivity index (χ0v) is 13.1. The maximum Gasteiger partial charge on any atom is 0.387 e. The van der Waals surface area contributed by atoms with Gasteiger partial charge >= 0.3 is 6.61 Å². The summed E-state index contributed by atoms with van der Waals surface area (Å²) in [7, 11) is 1.85. The number of hydrogen-bond donors (Lipinski definition) is 2. The molecule has 0 unspecified atom stereocenters. The molecule has 2 rings (SSSR count). The SMILES string of the molecule is CN(CCO)c1ccc(NC(=O)c2ccc(OC(F)F)cc2)cc1. The molecule has 0 radical (unpaired) electrons. The monoisotopic (exact) mass is 336 g/mol. The lowest BCUT2D eigenvalue weighted by Crippen LogP contribution is -2.21. The number of rotatable bonds is 7. The van der Waals surface area contributed by atoms with Crippen LogP contribution in [0.1, 0.15) is 10.4 Å². The highest BCUT2D eigenvalue weighted by molar-refractivity contribution is 6.04. The lowest BCUT2D eigenvalue weighted by Gasteiger charge is -2.18. The Morgan fingerprint density at radius 2 is 1.79 bits per heavy atom. The molecule has 2 aromatic carbocycles. The Morgan fingerprint density at radius 3 is 2.33 bits per heavy atom. The minimum Gasteiger partial charge on any atom is -0.435 e. The first-order valence-electron chi connectivity index (χ1n) is 7.28. The lowest BCUT2D eigenvalue weighted by atomic mass is 10.2. The molecule has 0 spiro atoms. The van der Waals surface area contributed by atoms with E-state index < -0.39 is 6.61 Å². The van der Waals surface area contributed by atoms with Crippen LogP contribution in [0.4, 0.5) is 20.2 Å². The molecule has 0 aliphatic heterocycles. The zero-order chi connectivity index (χ0) is 17.5. The fourth-order valence-electron chi connectivity index (χ4n) is 2.07. The number of nitrogens with zero attached hydrogens (tertiary/aromatic N) is 1. The van der Waals surface area contributed by atoms with Crippen molar-refractivity contribution >= 4 is 17.3 Å². The highest BCUT2D eigenvalue weighted by Crippen LogP contribution is 2.19. The normalized spacial score (nSPS) is 10.5. The first-order valence-corrected chi connectivity index (χ1v) is 7.28. The molecule has 2 aromatic rings. The molecule has 1 amide bonds. The Balaban J connectivity index is 1.98. The number of anilines is 2. The highest BCUT2D eigenvalue weighted by atomic mass is 19.3. The largest absolute Gasteiger partial charge is 0.435 e. The van der Waals surface area contributed by atoms with E-state index in [9.17, 15) is 13.6 Å². The minimum atomic E-state index is -2.90. The number of ether oxygens (including phenoxy) is 1. The molecule has 0 saturated heterocycles. The second kappa shape index (κ2) is 8.26. The number of carbonyl (C=O) groups excluding carboxylic acids is 1. The van der Waals surface area contributed by atoms with Crippen molar-refractivity contribution in [1.29, 1.82) is 0 Å². The molecule has 7 heteroatoms. The van der Waals surface area contributed by atoms with Crippen LogP contribution in [0, 0.1) is 0 Å². The van der Waals surface area contributed by atoms with Gasteiger partial charge in [0.25, 0.3) is 5.91 Å². The third-order valence-corrected chi connectivity index (χ3v) is 3.34. The third-order valence-electron chi connectivity index (χ3n) is 3.34. The van der Waals surface area contributed by atoms with E-state index in [0.29, 0.717) is 17.8 Å². The second-order valence-electron chi connectivity index (χ2n) is 5.05. The molecule has 24 heavy (non-hydrogen) atoms. The van der Waals surface area contributed by atoms with Crippen molar-refractivity contribution in [2.75, 3.05) is 30.4 Å². The van der Waals surface area contributed by atoms with E-state index in [2.05, 4.69) is 10.1 Å². The number of likely N-dealkylation sites (N-methyl/N-ethyl adjacent to an activating group) is 1. The van der Waals surface area contributed by atoms with Crippen molar-refractivity contribution in [3.8, 4) is 5.75 Å². The van der Waals surface area contributed by atoms with Crippen molar-refractivity contribution in [1.82, 2.24) is 0 Å². The van der Waals surface area contributed by atoms with Gasteiger partial charge in [-0.2, -0.15) is 8.78 Å². The number of amides is 1. The summed E-state index contributed by atoms with van der Waals surface area (Å²) in [6.07, 6.45) is 0. The van der Waals surface area contributed by atoms with Crippen molar-refractivity contribution < 1.29 is 23.4 Å². The lowest BCUT2D eigenvalue weighted by molar-refractivity contribution is -0.0498. The smallest absolute Gasteiger partial charge is 0.387 e. The average molecular weight is 336 g/mol. The first-order chi connectivity index (χ1) is 11.5. The van der Waals surface area contributed by atoms with Gasteiger partial charge < -0.3 is 20.1 Å². The van der Waals surface area contributed by atoms with Crippen LogP contribution in [0.5, 0.6) is 5.75 Å². The maximum atomic E-state index is 12.1. The highest BCUT2D eigenvalue weighted by Gasteiger charge is 2.09. The van der Waals surface area contributed by atoms with Crippen molar-refractivity contribution in [2.24, 2.45) is 0 Å². The summed E-state index contributed by atoms with van der Waals surface area (Å²) in [4.78, 5) is 14.0. The summed E-state index contributed by atoms with van der Waals surface area (Å²) in [5.74, 6) is -0.354. The van der Waals surface area contributed by atoms with E-state index in [0.717, 1.165) is 5.69 Å². The predicted molar refractivity (Wildman–Crippen MR) is 87.8 cm³/mol. The Kier molecular flexibility index (Phi) is 6.08. The van der Waals surface area contributed by atoms with Crippen LogP contribution in [0.25, 0.3) is 0 Å². The van der Waals surface area contributed by atoms with Crippen LogP contribution in [0.15, 0.2) is 48.5 Å². The van der Waals surface area contributed by atoms with Crippen LogP contribution >= 0.6 is 0 Å². The Hall–Kier alpha value is -2.67. The van der Waals surface area contributed by atoms with Gasteiger partial charge in [0, 0.05) is 30.5 Å². The molecular weight excluding hydrogens is 318 g/mol. The first kappa shape index (κ1) is 17.7. The Morgan fingerprint density at radius 1 is 1.17 bits per heavy atom. The summed E-state index contributed by atoms with van der Waals surface area (Å²) < 4.78 is 28.4. The maximum absolute atomic E-state index is 12.1. The molecule has 0 saturated carbocycles. The van der Waals surface area contributed by atoms with E-state index in [-0.39, 0.29) is 18.3 Å². The van der Waals surface area contributed by atoms with Gasteiger partial charge in [0.15, 0.2) is 0 Å². The molecule has 0 aliphatic carbocycles. The van der Waals surface area contributed by atoms with Crippen LogP contribution in [0.2, 0.25) is 0 Å². The van der Waals surface area contributed by atoms with Gasteiger partial charge in [-0.15, -0.1) is 0 Å². The fraction of sp³-hybridized carbons (Fsp3) is 0.235. The number of aliphatic hydroxyl groups is 1. The van der Waals surface area contributed by atoms with Crippen molar-refractivity contribution in [2.45, 2.75) is 6.61 Å². The third kappa shape index (κ3) is 4.92. The quantitative estimate of drug-likeness (QED) is 0.816. The van der Waals surface area contributed by atoms with E-state index in [1.807, 2.05) is 24.1 Å². The van der Waals surface area contributed by atoms with Crippen LogP contribution in [-0.2, 0) is 0 Å². The molecule has 2 N–H and O–H groups in total. The molecule has 5 nitrogen and oxygen atoms in total. The van der Waals surface area contributed by atoms with Crippen molar-refractivity contribution in [3.05, 3.63) is 54.1 Å². The van der Waals surface area contributed by atoms with Gasteiger partial charge in [-0.3, -0.25) is 4.79 Å². The van der Waals surface area contributed by atoms with Crippen molar-refractivity contribution in [3.63, 3.8) is 0 Å². The molecule has 0 atom stereocenters. The fourth-order valence-corrected chi connectivity index (χ4v) is 2.07. The summed E-state index contributed by atoms with van der Waals surface area (Å²) in [6, 6.07) is 12.6. The molecule has 0 aliphatic rings. The number of alkyl halides is 2. The Bertz CT molecular complexity index is 661. The summed E-state index contributed by atoms with van der Waals surface area (Å²) >= 11 is 0. The minimum absolute atomic E-state index is 0.00202. The average Bonchev–Trinajstić information content (AvgIpc) is 2.56. The van der Waals surface area contributed by atoms with Crippen LogP contribution < -0.4 is 15.0 Å². The predicted octanol–water partition coefficient (Wildman–Crippen LogP) is 2.97. The van der Waals surface area contributed by atoms with Crippen LogP contribution in [-0.4, -0.2) is 37.8 Å². The van der Waals surface area contributed by atoms with E-state index in [1.165, 1.54) is 24.3 Å². The second-order valence-corrected chi connectivity index (χ2v) is 5.05. The van der Waals surface area contributed by atoms with Gasteiger partial charge in [0.05, 0.1) is 6.61 Å².